The Bertz CT molecular complexity index is 1510. The van der Waals surface area contributed by atoms with Crippen LogP contribution in [0.1, 0.15) is 28.8 Å². The van der Waals surface area contributed by atoms with Gasteiger partial charge in [-0.1, -0.05) is 40.6 Å². The average molecular weight is 577 g/mol. The summed E-state index contributed by atoms with van der Waals surface area (Å²) in [5, 5.41) is 1.57. The molecule has 0 bridgehead atoms. The molecule has 2 heterocycles. The third-order valence-corrected chi connectivity index (χ3v) is 9.27. The first-order chi connectivity index (χ1) is 17.7. The van der Waals surface area contributed by atoms with Crippen LogP contribution < -0.4 is 9.62 Å². The highest BCUT2D eigenvalue weighted by molar-refractivity contribution is 7.92. The zero-order chi connectivity index (χ0) is 26.2. The van der Waals surface area contributed by atoms with Gasteiger partial charge in [0, 0.05) is 22.9 Å². The van der Waals surface area contributed by atoms with E-state index in [9.17, 15) is 13.2 Å². The minimum Gasteiger partial charge on any atom is -0.376 e. The van der Waals surface area contributed by atoms with Crippen molar-refractivity contribution in [1.29, 1.82) is 0 Å². The van der Waals surface area contributed by atoms with Crippen LogP contribution in [0.5, 0.6) is 0 Å². The van der Waals surface area contributed by atoms with Crippen molar-refractivity contribution >= 4 is 71.5 Å². The summed E-state index contributed by atoms with van der Waals surface area (Å²) in [4.78, 5) is 20.1. The van der Waals surface area contributed by atoms with Crippen LogP contribution in [0.25, 0.3) is 10.2 Å². The highest BCUT2D eigenvalue weighted by Gasteiger charge is 2.28. The van der Waals surface area contributed by atoms with Gasteiger partial charge in [0.1, 0.15) is 0 Å². The predicted octanol–water partition coefficient (Wildman–Crippen LogP) is 6.54. The number of thiazole rings is 1. The molecule has 1 N–H and O–H groups in total. The van der Waals surface area contributed by atoms with Gasteiger partial charge < -0.3 is 4.74 Å². The fourth-order valence-corrected chi connectivity index (χ4v) is 6.62. The van der Waals surface area contributed by atoms with Crippen LogP contribution >= 0.6 is 34.5 Å². The number of carbonyl (C=O) groups is 1. The predicted molar refractivity (Wildman–Crippen MR) is 149 cm³/mol. The van der Waals surface area contributed by atoms with Crippen LogP contribution in [0.2, 0.25) is 10.0 Å². The summed E-state index contributed by atoms with van der Waals surface area (Å²) >= 11 is 13.6. The van der Waals surface area contributed by atoms with Crippen LogP contribution in [0, 0.1) is 6.92 Å². The van der Waals surface area contributed by atoms with Crippen molar-refractivity contribution < 1.29 is 17.9 Å². The van der Waals surface area contributed by atoms with Crippen molar-refractivity contribution in [1.82, 2.24) is 4.98 Å². The maximum Gasteiger partial charge on any atom is 0.261 e. The van der Waals surface area contributed by atoms with Crippen LogP contribution in [-0.2, 0) is 14.8 Å². The summed E-state index contributed by atoms with van der Waals surface area (Å²) in [5.74, 6) is -0.254. The van der Waals surface area contributed by atoms with Crippen LogP contribution in [-0.4, -0.2) is 38.6 Å². The van der Waals surface area contributed by atoms with Gasteiger partial charge >= 0.3 is 0 Å². The molecule has 1 fully saturated rings. The van der Waals surface area contributed by atoms with Gasteiger partial charge in [0.25, 0.3) is 15.9 Å². The Morgan fingerprint density at radius 3 is 2.49 bits per heavy atom. The zero-order valence-corrected chi connectivity index (χ0v) is 22.9. The molecule has 1 atom stereocenters. The second kappa shape index (κ2) is 10.6. The first-order valence-corrected chi connectivity index (χ1v) is 14.6. The lowest BCUT2D eigenvalue weighted by atomic mass is 10.1. The van der Waals surface area contributed by atoms with Gasteiger partial charge in [0.05, 0.1) is 32.8 Å². The van der Waals surface area contributed by atoms with Gasteiger partial charge in [-0.15, -0.1) is 0 Å². The lowest BCUT2D eigenvalue weighted by Crippen LogP contribution is -2.37. The van der Waals surface area contributed by atoms with Crippen molar-refractivity contribution in [3.63, 3.8) is 0 Å². The molecule has 1 aromatic heterocycles. The molecule has 1 amide bonds. The van der Waals surface area contributed by atoms with E-state index in [1.165, 1.54) is 35.6 Å². The van der Waals surface area contributed by atoms with Gasteiger partial charge in [0.15, 0.2) is 5.13 Å². The second-order valence-electron chi connectivity index (χ2n) is 8.73. The van der Waals surface area contributed by atoms with Crippen molar-refractivity contribution in [2.24, 2.45) is 0 Å². The first-order valence-electron chi connectivity index (χ1n) is 11.6. The highest BCUT2D eigenvalue weighted by Crippen LogP contribution is 2.36. The number of ether oxygens (including phenoxy) is 1. The number of hydrogen-bond acceptors (Lipinski definition) is 6. The van der Waals surface area contributed by atoms with E-state index in [4.69, 9.17) is 32.9 Å². The Balaban J connectivity index is 1.42. The lowest BCUT2D eigenvalue weighted by molar-refractivity contribution is 0.0917. The molecule has 192 valence electrons. The van der Waals surface area contributed by atoms with Crippen molar-refractivity contribution in [2.45, 2.75) is 30.8 Å². The van der Waals surface area contributed by atoms with Gasteiger partial charge in [-0.05, 0) is 79.9 Å². The van der Waals surface area contributed by atoms with E-state index in [1.807, 2.05) is 19.1 Å². The monoisotopic (exact) mass is 575 g/mol. The quantitative estimate of drug-likeness (QED) is 0.270. The third kappa shape index (κ3) is 5.61. The number of sulfonamides is 1. The molecule has 0 radical (unpaired) electrons. The minimum atomic E-state index is -3.80. The molecule has 11 heteroatoms. The van der Waals surface area contributed by atoms with E-state index in [1.54, 1.807) is 29.2 Å². The summed E-state index contributed by atoms with van der Waals surface area (Å²) in [7, 11) is -3.80. The molecule has 7 nitrogen and oxygen atoms in total. The number of rotatable bonds is 7. The van der Waals surface area contributed by atoms with Crippen molar-refractivity contribution in [3.05, 3.63) is 81.8 Å². The number of halogens is 2. The Morgan fingerprint density at radius 1 is 1.11 bits per heavy atom. The average Bonchev–Trinajstić information content (AvgIpc) is 3.56. The summed E-state index contributed by atoms with van der Waals surface area (Å²) in [5.41, 5.74) is 2.47. The third-order valence-electron chi connectivity index (χ3n) is 6.08. The number of benzene rings is 3. The Hall–Kier alpha value is -2.69. The van der Waals surface area contributed by atoms with Crippen molar-refractivity contribution in [2.75, 3.05) is 22.8 Å². The number of nitrogens with one attached hydrogen (secondary N) is 1. The number of aryl methyl sites for hydroxylation is 1. The molecule has 1 aliphatic rings. The fourth-order valence-electron chi connectivity index (χ4n) is 4.11. The number of fused-ring (bicyclic) bond motifs is 1. The van der Waals surface area contributed by atoms with Crippen LogP contribution in [0.4, 0.5) is 10.8 Å². The lowest BCUT2D eigenvalue weighted by Gasteiger charge is -2.23. The number of nitrogens with zero attached hydrogens (tertiary/aromatic N) is 2. The largest absolute Gasteiger partial charge is 0.376 e. The molecule has 0 saturated carbocycles. The molecular weight excluding hydrogens is 553 g/mol. The molecule has 1 unspecified atom stereocenters. The molecule has 37 heavy (non-hydrogen) atoms. The number of amides is 1. The summed E-state index contributed by atoms with van der Waals surface area (Å²) in [6.45, 7) is 2.98. The topological polar surface area (TPSA) is 88.6 Å². The highest BCUT2D eigenvalue weighted by atomic mass is 35.5. The molecule has 1 saturated heterocycles. The molecular formula is C26H23Cl2N3O4S2. The van der Waals surface area contributed by atoms with Crippen LogP contribution in [0.15, 0.2) is 65.6 Å². The Kier molecular flexibility index (Phi) is 7.42. The van der Waals surface area contributed by atoms with Crippen LogP contribution in [0.3, 0.4) is 0 Å². The summed E-state index contributed by atoms with van der Waals surface area (Å²) in [6.07, 6.45) is 1.72. The SMILES string of the molecule is Cc1ccc(Cl)c2sc(N(CC3CCCO3)C(=O)c3ccc(NS(=O)(=O)c4ccc(Cl)cc4)cc3)nc12. The number of carbonyl (C=O) groups excluding carboxylic acids is 1. The molecule has 1 aliphatic heterocycles. The maximum absolute atomic E-state index is 13.7. The molecule has 5 rings (SSSR count). The van der Waals surface area contributed by atoms with E-state index in [-0.39, 0.29) is 16.9 Å². The van der Waals surface area contributed by atoms with E-state index in [2.05, 4.69) is 4.72 Å². The Morgan fingerprint density at radius 2 is 1.84 bits per heavy atom. The summed E-state index contributed by atoms with van der Waals surface area (Å²) in [6, 6.07) is 15.9. The summed E-state index contributed by atoms with van der Waals surface area (Å²) < 4.78 is 34.6. The standard InChI is InChI=1S/C26H23Cl2N3O4S2/c1-16-4-13-22(28)24-23(16)29-26(36-24)31(15-20-3-2-14-35-20)25(32)17-5-9-19(10-6-17)30-37(33,34)21-11-7-18(27)8-12-21/h4-13,20,30H,2-3,14-15H2,1H3. The van der Waals surface area contributed by atoms with Gasteiger partial charge in [-0.3, -0.25) is 14.4 Å². The maximum atomic E-state index is 13.7. The molecule has 0 spiro atoms. The number of hydrogen-bond donors (Lipinski definition) is 1. The normalized spacial score (nSPS) is 15.7. The van der Waals surface area contributed by atoms with E-state index >= 15 is 0 Å². The van der Waals surface area contributed by atoms with E-state index in [0.717, 1.165) is 28.6 Å². The van der Waals surface area contributed by atoms with Gasteiger partial charge in [0.2, 0.25) is 0 Å². The zero-order valence-electron chi connectivity index (χ0n) is 19.8. The molecule has 3 aromatic carbocycles. The molecule has 4 aromatic rings. The van der Waals surface area contributed by atoms with E-state index in [0.29, 0.717) is 39.6 Å². The van der Waals surface area contributed by atoms with Gasteiger partial charge in [-0.2, -0.15) is 0 Å². The fraction of sp³-hybridized carbons (Fsp3) is 0.231. The van der Waals surface area contributed by atoms with Gasteiger partial charge in [-0.25, -0.2) is 13.4 Å². The van der Waals surface area contributed by atoms with Crippen molar-refractivity contribution in [3.8, 4) is 0 Å². The Labute approximate surface area is 229 Å². The number of aromatic nitrogens is 1. The smallest absolute Gasteiger partial charge is 0.261 e. The number of anilines is 2. The minimum absolute atomic E-state index is 0.0852. The first kappa shape index (κ1) is 25.9. The molecule has 0 aliphatic carbocycles. The van der Waals surface area contributed by atoms with E-state index < -0.39 is 10.0 Å². The second-order valence-corrected chi connectivity index (χ2v) is 12.2.